The number of hydrogen-bond donors (Lipinski definition) is 5. The summed E-state index contributed by atoms with van der Waals surface area (Å²) in [5, 5.41) is 40.7. The number of fused-ring (bicyclic) bond motifs is 1. The number of carboxylic acids is 2. The predicted octanol–water partition coefficient (Wildman–Crippen LogP) is -1.66. The minimum absolute atomic E-state index is 0. The largest absolute Gasteiger partial charge is 1.00 e. The fourth-order valence-corrected chi connectivity index (χ4v) is 6.68. The van der Waals surface area contributed by atoms with Gasteiger partial charge in [-0.1, -0.05) is 13.0 Å². The first kappa shape index (κ1) is 29.0. The number of β-lactam (4-membered cyclic amide) rings is 1. The Kier molecular flexibility index (Phi) is 8.64. The Hall–Kier alpha value is -2.58. The van der Waals surface area contributed by atoms with Crippen LogP contribution in [0.25, 0.3) is 0 Å². The van der Waals surface area contributed by atoms with E-state index in [1.165, 1.54) is 36.1 Å². The van der Waals surface area contributed by atoms with Crippen LogP contribution in [0.2, 0.25) is 0 Å². The molecule has 12 nitrogen and oxygen atoms in total. The average Bonchev–Trinajstić information content (AvgIpc) is 3.32. The van der Waals surface area contributed by atoms with Crippen molar-refractivity contribution in [3.8, 4) is 0 Å². The number of aliphatic hydroxyl groups excluding tert-OH is 1. The van der Waals surface area contributed by atoms with Crippen molar-refractivity contribution < 1.29 is 74.0 Å². The third-order valence-corrected chi connectivity index (χ3v) is 8.29. The fourth-order valence-electron chi connectivity index (χ4n) is 5.16. The van der Waals surface area contributed by atoms with Crippen LogP contribution in [0.4, 0.5) is 10.5 Å². The summed E-state index contributed by atoms with van der Waals surface area (Å²) in [5.74, 6) is -4.66. The number of carbonyl (C=O) groups excluding carboxylic acids is 2. The van der Waals surface area contributed by atoms with Gasteiger partial charge in [0.1, 0.15) is 11.7 Å². The molecule has 192 valence electrons. The normalized spacial score (nSPS) is 27.2. The van der Waals surface area contributed by atoms with Gasteiger partial charge in [0.2, 0.25) is 11.8 Å². The van der Waals surface area contributed by atoms with E-state index in [9.17, 15) is 39.3 Å². The number of aromatic carboxylic acids is 1. The van der Waals surface area contributed by atoms with E-state index in [2.05, 4.69) is 5.32 Å². The topological polar surface area (TPSA) is 185 Å². The van der Waals surface area contributed by atoms with E-state index in [-0.39, 0.29) is 65.4 Å². The summed E-state index contributed by atoms with van der Waals surface area (Å²) < 4.78 is 0. The summed E-state index contributed by atoms with van der Waals surface area (Å²) in [4.78, 5) is 63.1. The number of thioether (sulfide) groups is 1. The quantitative estimate of drug-likeness (QED) is 0.197. The Morgan fingerprint density at radius 1 is 1.14 bits per heavy atom. The molecule has 2 saturated heterocycles. The molecular weight excluding hydrogens is 517 g/mol. The smallest absolute Gasteiger partial charge is 0.478 e. The molecule has 3 amide bonds. The summed E-state index contributed by atoms with van der Waals surface area (Å²) in [6.07, 6.45) is -2.18. The summed E-state index contributed by atoms with van der Waals surface area (Å²) in [7, 11) is 0. The van der Waals surface area contributed by atoms with Crippen LogP contribution in [0.1, 0.15) is 30.6 Å². The maximum Gasteiger partial charge on any atom is 1.00 e. The van der Waals surface area contributed by atoms with Crippen LogP contribution < -0.4 is 34.9 Å². The first-order valence-corrected chi connectivity index (χ1v) is 12.1. The van der Waals surface area contributed by atoms with E-state index in [0.29, 0.717) is 4.91 Å². The van der Waals surface area contributed by atoms with Crippen LogP contribution in [-0.2, 0) is 14.4 Å². The summed E-state index contributed by atoms with van der Waals surface area (Å²) in [6, 6.07) is 3.98. The molecule has 0 saturated carbocycles. The molecule has 0 aliphatic carbocycles. The number of anilines is 1. The number of benzene rings is 1. The number of nitrogens with zero attached hydrogens (tertiary/aromatic N) is 2. The monoisotopic (exact) mass is 542 g/mol. The predicted molar refractivity (Wildman–Crippen MR) is 126 cm³/mol. The van der Waals surface area contributed by atoms with Crippen molar-refractivity contribution in [3.63, 3.8) is 0 Å². The molecule has 5 N–H and O–H groups in total. The van der Waals surface area contributed by atoms with Crippen molar-refractivity contribution in [2.45, 2.75) is 43.7 Å². The van der Waals surface area contributed by atoms with E-state index in [0.717, 1.165) is 16.7 Å². The number of nitrogens with one attached hydrogen (secondary N) is 1. The van der Waals surface area contributed by atoms with Crippen LogP contribution in [0.5, 0.6) is 0 Å². The van der Waals surface area contributed by atoms with Gasteiger partial charge in [-0.2, -0.15) is 0 Å². The van der Waals surface area contributed by atoms with Gasteiger partial charge in [-0.25, -0.2) is 14.4 Å². The van der Waals surface area contributed by atoms with Crippen molar-refractivity contribution in [2.75, 3.05) is 11.9 Å². The van der Waals surface area contributed by atoms with Gasteiger partial charge in [-0.3, -0.25) is 14.5 Å². The molecular formula is C23H25N3NaO9S+. The number of likely N-dealkylation sites (tertiary alicyclic amines) is 1. The minimum Gasteiger partial charge on any atom is -0.478 e. The molecule has 1 aromatic rings. The van der Waals surface area contributed by atoms with Gasteiger partial charge in [-0.15, -0.1) is 11.8 Å². The maximum atomic E-state index is 12.9. The van der Waals surface area contributed by atoms with E-state index in [1.54, 1.807) is 6.92 Å². The summed E-state index contributed by atoms with van der Waals surface area (Å²) >= 11 is 1.14. The summed E-state index contributed by atoms with van der Waals surface area (Å²) in [5.41, 5.74) is -0.00544. The van der Waals surface area contributed by atoms with Crippen LogP contribution in [0.15, 0.2) is 34.9 Å². The number of aliphatic carboxylic acids is 1. The van der Waals surface area contributed by atoms with Gasteiger partial charge in [0.25, 0.3) is 0 Å². The first-order chi connectivity index (χ1) is 16.9. The van der Waals surface area contributed by atoms with Gasteiger partial charge >= 0.3 is 47.6 Å². The Bertz CT molecular complexity index is 1190. The Morgan fingerprint density at radius 3 is 2.38 bits per heavy atom. The Morgan fingerprint density at radius 2 is 1.81 bits per heavy atom. The van der Waals surface area contributed by atoms with E-state index in [1.807, 2.05) is 0 Å². The molecule has 6 unspecified atom stereocenters. The second-order valence-corrected chi connectivity index (χ2v) is 10.4. The molecule has 4 rings (SSSR count). The Balaban J connectivity index is 0.00000380. The van der Waals surface area contributed by atoms with E-state index < -0.39 is 59.2 Å². The molecule has 2 fully saturated rings. The molecule has 0 bridgehead atoms. The second-order valence-electron chi connectivity index (χ2n) is 9.07. The second kappa shape index (κ2) is 11.0. The number of aliphatic hydroxyl groups is 1. The SMILES string of the molecule is CC(O)C1C(=O)N2C(C(=O)O)=C(SC3CC(C(=O)Nc4cccc(C(=O)O)c4)N(C(=O)O)C3)C(C)C12.[Na+]. The van der Waals surface area contributed by atoms with Crippen molar-refractivity contribution >= 4 is 47.3 Å². The fraction of sp³-hybridized carbons (Fsp3) is 0.435. The van der Waals surface area contributed by atoms with Gasteiger partial charge in [0.05, 0.1) is 23.6 Å². The van der Waals surface area contributed by atoms with Gasteiger partial charge in [0.15, 0.2) is 0 Å². The number of amides is 3. The molecule has 14 heteroatoms. The number of carbonyl (C=O) groups is 5. The third-order valence-electron chi connectivity index (χ3n) is 6.79. The number of hydrogen-bond acceptors (Lipinski definition) is 7. The van der Waals surface area contributed by atoms with Crippen molar-refractivity contribution in [1.29, 1.82) is 0 Å². The molecule has 3 aliphatic rings. The standard InChI is InChI=1S/C23H25N3O9S.Na/c1-9-16-15(10(2)27)20(29)26(16)17(22(32)33)18(9)36-13-7-14(25(8-13)23(34)35)19(28)24-12-5-3-4-11(6-12)21(30)31;/h3-6,9-10,13-16,27H,7-8H2,1-2H3,(H,24,28)(H,30,31)(H,32,33)(H,34,35);/q;+1. The van der Waals surface area contributed by atoms with Gasteiger partial charge in [0, 0.05) is 28.3 Å². The minimum atomic E-state index is -1.32. The molecule has 0 aromatic heterocycles. The third kappa shape index (κ3) is 5.23. The molecule has 3 heterocycles. The molecule has 0 spiro atoms. The number of carboxylic acid groups (broad SMARTS) is 3. The zero-order chi connectivity index (χ0) is 26.5. The summed E-state index contributed by atoms with van der Waals surface area (Å²) in [6.45, 7) is 3.20. The van der Waals surface area contributed by atoms with Crippen molar-refractivity contribution in [1.82, 2.24) is 9.80 Å². The first-order valence-electron chi connectivity index (χ1n) is 11.2. The molecule has 1 aromatic carbocycles. The van der Waals surface area contributed by atoms with Crippen LogP contribution in [0.3, 0.4) is 0 Å². The zero-order valence-corrected chi connectivity index (χ0v) is 23.1. The van der Waals surface area contributed by atoms with Gasteiger partial charge < -0.3 is 30.6 Å². The number of rotatable bonds is 7. The molecule has 0 radical (unpaired) electrons. The van der Waals surface area contributed by atoms with Crippen molar-refractivity contribution in [3.05, 3.63) is 40.4 Å². The molecule has 37 heavy (non-hydrogen) atoms. The molecule has 6 atom stereocenters. The van der Waals surface area contributed by atoms with Crippen LogP contribution >= 0.6 is 11.8 Å². The Labute approximate surface area is 238 Å². The molecule has 3 aliphatic heterocycles. The zero-order valence-electron chi connectivity index (χ0n) is 20.3. The van der Waals surface area contributed by atoms with E-state index in [4.69, 9.17) is 5.11 Å². The average molecular weight is 543 g/mol. The van der Waals surface area contributed by atoms with Crippen LogP contribution in [-0.4, -0.2) is 90.1 Å². The van der Waals surface area contributed by atoms with Gasteiger partial charge in [-0.05, 0) is 31.5 Å². The van der Waals surface area contributed by atoms with Crippen LogP contribution in [0, 0.1) is 11.8 Å². The maximum absolute atomic E-state index is 12.9. The van der Waals surface area contributed by atoms with Crippen molar-refractivity contribution in [2.24, 2.45) is 11.8 Å². The van der Waals surface area contributed by atoms with E-state index >= 15 is 0 Å².